The van der Waals surface area contributed by atoms with Gasteiger partial charge in [0.05, 0.1) is 56.7 Å². The lowest BCUT2D eigenvalue weighted by molar-refractivity contribution is -0.141. The van der Waals surface area contributed by atoms with Crippen molar-refractivity contribution in [3.63, 3.8) is 0 Å². The highest BCUT2D eigenvalue weighted by Crippen LogP contribution is 2.58. The minimum atomic E-state index is -2.99. The van der Waals surface area contributed by atoms with E-state index in [1.807, 2.05) is 31.0 Å². The number of carbonyl (C=O) groups excluding carboxylic acids is 4. The first-order chi connectivity index (χ1) is 31.3. The van der Waals surface area contributed by atoms with Gasteiger partial charge in [0, 0.05) is 24.6 Å². The van der Waals surface area contributed by atoms with Crippen LogP contribution in [0.25, 0.3) is 44.4 Å². The largest absolute Gasteiger partial charge is 0.453 e. The number of methoxy groups -OCH3 is 2. The van der Waals surface area contributed by atoms with Crippen molar-refractivity contribution in [2.24, 2.45) is 17.3 Å². The van der Waals surface area contributed by atoms with Gasteiger partial charge >= 0.3 is 18.8 Å². The molecule has 3 aromatic carbocycles. The number of nitrogens with zero attached hydrogens (tertiary/aromatic N) is 4. The van der Waals surface area contributed by atoms with E-state index in [0.29, 0.717) is 24.7 Å². The molecule has 2 aliphatic heterocycles. The van der Waals surface area contributed by atoms with Crippen molar-refractivity contribution in [1.29, 1.82) is 0 Å². The Balaban J connectivity index is 0.884. The fourth-order valence-electron chi connectivity index (χ4n) is 10.2. The first-order valence-electron chi connectivity index (χ1n) is 22.3. The van der Waals surface area contributed by atoms with Crippen LogP contribution in [0.5, 0.6) is 0 Å². The van der Waals surface area contributed by atoms with E-state index >= 15 is 0 Å². The van der Waals surface area contributed by atoms with Crippen molar-refractivity contribution < 1.29 is 42.2 Å². The second kappa shape index (κ2) is 17.9. The lowest BCUT2D eigenvalue weighted by atomic mass is 9.95. The number of imidazole rings is 2. The quantitative estimate of drug-likeness (QED) is 0.0855. The smallest absolute Gasteiger partial charge is 0.407 e. The Morgan fingerprint density at radius 1 is 0.800 bits per heavy atom. The van der Waals surface area contributed by atoms with Gasteiger partial charge in [-0.05, 0) is 95.4 Å². The zero-order chi connectivity index (χ0) is 45.6. The third-order valence-corrected chi connectivity index (χ3v) is 13.9. The van der Waals surface area contributed by atoms with Crippen LogP contribution < -0.4 is 10.6 Å². The van der Waals surface area contributed by atoms with Gasteiger partial charge in [0.2, 0.25) is 11.8 Å². The highest BCUT2D eigenvalue weighted by molar-refractivity contribution is 5.91. The van der Waals surface area contributed by atoms with E-state index in [1.54, 1.807) is 11.1 Å². The summed E-state index contributed by atoms with van der Waals surface area (Å²) in [7, 11) is 2.47. The van der Waals surface area contributed by atoms with Crippen LogP contribution in [-0.2, 0) is 23.8 Å². The van der Waals surface area contributed by atoms with Crippen molar-refractivity contribution in [3.05, 3.63) is 84.7 Å². The molecule has 4 aliphatic rings. The molecule has 1 spiro atoms. The number of likely N-dealkylation sites (tertiary alicyclic amines) is 2. The summed E-state index contributed by atoms with van der Waals surface area (Å²) in [5, 5.41) is 7.35. The minimum Gasteiger partial charge on any atom is -0.453 e. The molecule has 9 rings (SSSR count). The molecule has 6 unspecified atom stereocenters. The van der Waals surface area contributed by atoms with Gasteiger partial charge in [-0.15, -0.1) is 0 Å². The monoisotopic (exact) mass is 892 g/mol. The second-order valence-electron chi connectivity index (χ2n) is 18.3. The van der Waals surface area contributed by atoms with E-state index < -0.39 is 43.4 Å². The number of amides is 4. The number of halogens is 2. The van der Waals surface area contributed by atoms with Gasteiger partial charge in [0.1, 0.15) is 23.7 Å². The topological polar surface area (TPSA) is 184 Å². The number of hydrogen-bond donors (Lipinski definition) is 4. The van der Waals surface area contributed by atoms with Crippen LogP contribution in [0.2, 0.25) is 0 Å². The highest BCUT2D eigenvalue weighted by Gasteiger charge is 2.55. The van der Waals surface area contributed by atoms with E-state index in [2.05, 4.69) is 79.9 Å². The van der Waals surface area contributed by atoms with E-state index in [0.717, 1.165) is 82.3 Å². The van der Waals surface area contributed by atoms with Gasteiger partial charge in [-0.2, -0.15) is 8.78 Å². The maximum Gasteiger partial charge on any atom is 0.407 e. The zero-order valence-corrected chi connectivity index (χ0v) is 36.8. The van der Waals surface area contributed by atoms with Crippen LogP contribution in [0.4, 0.5) is 18.4 Å². The van der Waals surface area contributed by atoms with Gasteiger partial charge < -0.3 is 44.6 Å². The molecule has 17 heteroatoms. The fourth-order valence-corrected chi connectivity index (χ4v) is 10.2. The van der Waals surface area contributed by atoms with Crippen LogP contribution in [-0.4, -0.2) is 106 Å². The number of H-pyrrole nitrogens is 2. The van der Waals surface area contributed by atoms with Gasteiger partial charge in [-0.1, -0.05) is 62.4 Å². The molecular weight excluding hydrogens is 839 g/mol. The number of carbonyl (C=O) groups is 4. The van der Waals surface area contributed by atoms with E-state index in [1.165, 1.54) is 14.2 Å². The minimum absolute atomic E-state index is 0.0304. The molecule has 2 aromatic heterocycles. The van der Waals surface area contributed by atoms with Crippen molar-refractivity contribution in [2.75, 3.05) is 27.4 Å². The first kappa shape index (κ1) is 43.9. The summed E-state index contributed by atoms with van der Waals surface area (Å²) in [6.45, 7) is 0.912. The molecule has 65 heavy (non-hydrogen) atoms. The maximum absolute atomic E-state index is 14.0. The van der Waals surface area contributed by atoms with Crippen LogP contribution in [0.3, 0.4) is 0 Å². The molecule has 4 heterocycles. The van der Waals surface area contributed by atoms with Crippen molar-refractivity contribution >= 4 is 34.8 Å². The SMILES string of the molecule is COC(=O)NC(CCOC(F)F)C(=O)N1CC2(CC2)CC1c1ncc(-c2ccc3cc(-c4ccc(-c5cnc(C6C7CCC(C7)N6C(=O)C(NC(=O)OC)C(C)C)[nH]5)cc4)ccc3c2)[nH]1. The zero-order valence-electron chi connectivity index (χ0n) is 36.8. The van der Waals surface area contributed by atoms with Gasteiger partial charge in [0.25, 0.3) is 0 Å². The molecule has 4 fully saturated rings. The second-order valence-corrected chi connectivity index (χ2v) is 18.3. The average molecular weight is 893 g/mol. The molecule has 2 saturated carbocycles. The Labute approximate surface area is 375 Å². The van der Waals surface area contributed by atoms with Gasteiger partial charge in [-0.3, -0.25) is 9.59 Å². The molecule has 4 amide bonds. The van der Waals surface area contributed by atoms with Crippen LogP contribution >= 0.6 is 0 Å². The maximum atomic E-state index is 14.0. The molecular formula is C48H54F2N8O7. The van der Waals surface area contributed by atoms with Crippen molar-refractivity contribution in [2.45, 2.75) is 95.6 Å². The summed E-state index contributed by atoms with van der Waals surface area (Å²) in [6.07, 6.45) is 7.51. The number of rotatable bonds is 14. The van der Waals surface area contributed by atoms with E-state index in [-0.39, 0.29) is 41.8 Å². The van der Waals surface area contributed by atoms with E-state index in [9.17, 15) is 28.0 Å². The molecule has 2 saturated heterocycles. The molecule has 15 nitrogen and oxygen atoms in total. The lowest BCUT2D eigenvalue weighted by Gasteiger charge is -2.37. The van der Waals surface area contributed by atoms with Crippen LogP contribution in [0.15, 0.2) is 73.1 Å². The molecule has 4 N–H and O–H groups in total. The molecule has 2 bridgehead atoms. The predicted molar refractivity (Wildman–Crippen MR) is 236 cm³/mol. The summed E-state index contributed by atoms with van der Waals surface area (Å²) in [5.41, 5.74) is 5.63. The number of aromatic nitrogens is 4. The third-order valence-electron chi connectivity index (χ3n) is 13.9. The number of piperidine rings is 1. The highest BCUT2D eigenvalue weighted by atomic mass is 19.3. The Morgan fingerprint density at radius 3 is 2.09 bits per heavy atom. The fraction of sp³-hybridized carbons (Fsp3) is 0.458. The number of aromatic amines is 2. The number of hydrogen-bond acceptors (Lipinski definition) is 9. The van der Waals surface area contributed by atoms with Gasteiger partial charge in [0.15, 0.2) is 0 Å². The first-order valence-corrected chi connectivity index (χ1v) is 22.3. The Bertz CT molecular complexity index is 2570. The van der Waals surface area contributed by atoms with Crippen LogP contribution in [0, 0.1) is 17.3 Å². The lowest BCUT2D eigenvalue weighted by Crippen LogP contribution is -2.54. The molecule has 2 aliphatic carbocycles. The summed E-state index contributed by atoms with van der Waals surface area (Å²) in [4.78, 5) is 72.3. The summed E-state index contributed by atoms with van der Waals surface area (Å²) >= 11 is 0. The molecule has 6 atom stereocenters. The average Bonchev–Trinajstić information content (AvgIpc) is 3.94. The van der Waals surface area contributed by atoms with Gasteiger partial charge in [-0.25, -0.2) is 19.6 Å². The summed E-state index contributed by atoms with van der Waals surface area (Å²) < 4.78 is 39.5. The number of alkyl carbamates (subject to hydrolysis) is 2. The van der Waals surface area contributed by atoms with E-state index in [4.69, 9.17) is 19.4 Å². The number of ether oxygens (including phenoxy) is 3. The Kier molecular flexibility index (Phi) is 12.1. The molecule has 0 radical (unpaired) electrons. The standard InChI is InChI=1S/C48H54F2N8O7/c1-26(2)39(56-47(62)64-4)44(60)58-34-14-13-33(21-34)40(58)42-52-23-36(54-42)28-7-5-27(6-8-28)29-9-10-31-20-32(12-11-30(31)19-29)37-24-51-41(53-37)38-22-48(16-17-48)25-57(38)43(59)35(55-46(61)63-3)15-18-65-45(49)50/h5-12,19-20,23-24,26,33-35,38-40,45H,13-18,21-22,25H2,1-4H3,(H,51,53)(H,52,54)(H,55,61)(H,56,62). The predicted octanol–water partition coefficient (Wildman–Crippen LogP) is 8.13. The molecule has 342 valence electrons. The normalized spacial score (nSPS) is 21.6. The number of nitrogens with one attached hydrogen (secondary N) is 4. The number of benzene rings is 3. The summed E-state index contributed by atoms with van der Waals surface area (Å²) in [6, 6.07) is 18.6. The Morgan fingerprint density at radius 2 is 1.42 bits per heavy atom. The Hall–Kier alpha value is -6.36. The third kappa shape index (κ3) is 8.89. The van der Waals surface area contributed by atoms with Crippen molar-refractivity contribution in [1.82, 2.24) is 40.4 Å². The molecule has 5 aromatic rings. The van der Waals surface area contributed by atoms with Crippen LogP contribution in [0.1, 0.15) is 82.5 Å². The number of alkyl halides is 2. The number of fused-ring (bicyclic) bond motifs is 3. The van der Waals surface area contributed by atoms with Crippen molar-refractivity contribution in [3.8, 4) is 33.6 Å². The summed E-state index contributed by atoms with van der Waals surface area (Å²) in [5.74, 6) is 1.05.